The molecule has 6 nitrogen and oxygen atoms in total. The Morgan fingerprint density at radius 3 is 2.31 bits per heavy atom. The van der Waals surface area contributed by atoms with Gasteiger partial charge in [-0.1, -0.05) is 28.1 Å². The lowest BCUT2D eigenvalue weighted by Crippen LogP contribution is -2.45. The van der Waals surface area contributed by atoms with Crippen molar-refractivity contribution < 1.29 is 17.9 Å². The van der Waals surface area contributed by atoms with E-state index in [1.165, 1.54) is 19.1 Å². The lowest BCUT2D eigenvalue weighted by atomic mass is 10.1. The van der Waals surface area contributed by atoms with Gasteiger partial charge in [-0.25, -0.2) is 8.42 Å². The lowest BCUT2D eigenvalue weighted by molar-refractivity contribution is -0.122. The topological polar surface area (TPSA) is 84.5 Å². The van der Waals surface area contributed by atoms with Crippen molar-refractivity contribution in [2.75, 3.05) is 13.7 Å². The highest BCUT2D eigenvalue weighted by Crippen LogP contribution is 2.15. The number of carbonyl (C=O) groups excluding carboxylic acids is 1. The second-order valence-corrected chi connectivity index (χ2v) is 8.32. The minimum Gasteiger partial charge on any atom is -0.497 e. The van der Waals surface area contributed by atoms with Gasteiger partial charge in [0, 0.05) is 11.0 Å². The van der Waals surface area contributed by atoms with Gasteiger partial charge in [-0.3, -0.25) is 4.79 Å². The Morgan fingerprint density at radius 2 is 1.73 bits per heavy atom. The number of carbonyl (C=O) groups is 1. The maximum atomic E-state index is 12.3. The van der Waals surface area contributed by atoms with Crippen LogP contribution in [0.3, 0.4) is 0 Å². The number of hydrogen-bond acceptors (Lipinski definition) is 4. The van der Waals surface area contributed by atoms with E-state index in [9.17, 15) is 13.2 Å². The van der Waals surface area contributed by atoms with Crippen molar-refractivity contribution in [3.05, 3.63) is 58.6 Å². The van der Waals surface area contributed by atoms with Crippen LogP contribution in [-0.2, 0) is 21.2 Å². The fourth-order valence-corrected chi connectivity index (χ4v) is 3.71. The molecule has 0 bridgehead atoms. The van der Waals surface area contributed by atoms with Gasteiger partial charge in [0.05, 0.1) is 18.0 Å². The van der Waals surface area contributed by atoms with Crippen LogP contribution < -0.4 is 14.8 Å². The van der Waals surface area contributed by atoms with Crippen molar-refractivity contribution in [1.82, 2.24) is 10.0 Å². The molecule has 1 atom stereocenters. The van der Waals surface area contributed by atoms with Crippen LogP contribution in [0.1, 0.15) is 12.5 Å². The molecule has 2 rings (SSSR count). The summed E-state index contributed by atoms with van der Waals surface area (Å²) in [7, 11) is -2.15. The zero-order chi connectivity index (χ0) is 19.2. The average Bonchev–Trinajstić information content (AvgIpc) is 2.62. The van der Waals surface area contributed by atoms with Crippen molar-refractivity contribution in [2.24, 2.45) is 0 Å². The fourth-order valence-electron chi connectivity index (χ4n) is 2.24. The highest BCUT2D eigenvalue weighted by atomic mass is 79.9. The van der Waals surface area contributed by atoms with Gasteiger partial charge in [0.15, 0.2) is 0 Å². The van der Waals surface area contributed by atoms with Crippen molar-refractivity contribution in [2.45, 2.75) is 24.3 Å². The molecule has 2 aromatic carbocycles. The van der Waals surface area contributed by atoms with E-state index in [-0.39, 0.29) is 10.8 Å². The molecule has 140 valence electrons. The fraction of sp³-hybridized carbons (Fsp3) is 0.278. The Morgan fingerprint density at radius 1 is 1.12 bits per heavy atom. The maximum absolute atomic E-state index is 12.3. The van der Waals surface area contributed by atoms with E-state index in [2.05, 4.69) is 26.0 Å². The zero-order valence-electron chi connectivity index (χ0n) is 14.5. The summed E-state index contributed by atoms with van der Waals surface area (Å²) < 4.78 is 32.8. The van der Waals surface area contributed by atoms with Crippen molar-refractivity contribution in [1.29, 1.82) is 0 Å². The van der Waals surface area contributed by atoms with E-state index in [0.717, 1.165) is 15.8 Å². The number of amides is 1. The van der Waals surface area contributed by atoms with Gasteiger partial charge < -0.3 is 10.1 Å². The lowest BCUT2D eigenvalue weighted by Gasteiger charge is -2.14. The smallest absolute Gasteiger partial charge is 0.241 e. The number of rotatable bonds is 8. The molecular formula is C18H21BrN2O4S. The van der Waals surface area contributed by atoms with Gasteiger partial charge >= 0.3 is 0 Å². The largest absolute Gasteiger partial charge is 0.497 e. The summed E-state index contributed by atoms with van der Waals surface area (Å²) in [4.78, 5) is 12.2. The van der Waals surface area contributed by atoms with E-state index >= 15 is 0 Å². The monoisotopic (exact) mass is 440 g/mol. The number of nitrogens with one attached hydrogen (secondary N) is 2. The average molecular weight is 441 g/mol. The Balaban J connectivity index is 1.85. The minimum atomic E-state index is -3.75. The van der Waals surface area contributed by atoms with Crippen LogP contribution in [0.15, 0.2) is 57.9 Å². The first-order chi connectivity index (χ1) is 12.3. The van der Waals surface area contributed by atoms with Crippen molar-refractivity contribution in [3.8, 4) is 5.75 Å². The Labute approximate surface area is 162 Å². The molecule has 0 spiro atoms. The van der Waals surface area contributed by atoms with E-state index in [1.807, 2.05) is 24.3 Å². The molecule has 0 saturated heterocycles. The van der Waals surface area contributed by atoms with E-state index in [0.29, 0.717) is 13.0 Å². The van der Waals surface area contributed by atoms with Gasteiger partial charge in [0.25, 0.3) is 0 Å². The third-order valence-corrected chi connectivity index (χ3v) is 5.81. The Hall–Kier alpha value is -1.90. The van der Waals surface area contributed by atoms with Crippen molar-refractivity contribution >= 4 is 31.9 Å². The molecule has 2 aromatic rings. The quantitative estimate of drug-likeness (QED) is 0.660. The normalized spacial score (nSPS) is 12.4. The number of ether oxygens (including phenoxy) is 1. The Kier molecular flexibility index (Phi) is 7.19. The molecule has 0 aliphatic carbocycles. The predicted molar refractivity (Wildman–Crippen MR) is 104 cm³/mol. The van der Waals surface area contributed by atoms with Gasteiger partial charge in [-0.05, 0) is 55.3 Å². The molecule has 0 saturated carbocycles. The molecule has 8 heteroatoms. The first-order valence-electron chi connectivity index (χ1n) is 8.00. The molecule has 26 heavy (non-hydrogen) atoms. The predicted octanol–water partition coefficient (Wildman–Crippen LogP) is 2.48. The van der Waals surface area contributed by atoms with Gasteiger partial charge in [-0.15, -0.1) is 0 Å². The SMILES string of the molecule is COc1ccc(CCNC(=O)[C@@H](C)NS(=O)(=O)c2ccc(Br)cc2)cc1. The summed E-state index contributed by atoms with van der Waals surface area (Å²) >= 11 is 3.26. The molecule has 0 aliphatic rings. The van der Waals surface area contributed by atoms with Crippen LogP contribution >= 0.6 is 15.9 Å². The van der Waals surface area contributed by atoms with Gasteiger partial charge in [0.2, 0.25) is 15.9 Å². The molecular weight excluding hydrogens is 420 g/mol. The number of methoxy groups -OCH3 is 1. The van der Waals surface area contributed by atoms with E-state index < -0.39 is 16.1 Å². The summed E-state index contributed by atoms with van der Waals surface area (Å²) in [6.07, 6.45) is 0.641. The molecule has 0 aliphatic heterocycles. The number of benzene rings is 2. The molecule has 0 fully saturated rings. The Bertz CT molecular complexity index is 836. The van der Waals surface area contributed by atoms with Crippen LogP contribution in [0.4, 0.5) is 0 Å². The molecule has 0 radical (unpaired) electrons. The number of halogens is 1. The van der Waals surface area contributed by atoms with E-state index in [1.54, 1.807) is 19.2 Å². The number of sulfonamides is 1. The van der Waals surface area contributed by atoms with Crippen LogP contribution in [0.25, 0.3) is 0 Å². The van der Waals surface area contributed by atoms with Crippen molar-refractivity contribution in [3.63, 3.8) is 0 Å². The van der Waals surface area contributed by atoms with Crippen LogP contribution in [0, 0.1) is 0 Å². The maximum Gasteiger partial charge on any atom is 0.241 e. The third kappa shape index (κ3) is 5.82. The molecule has 0 aromatic heterocycles. The second kappa shape index (κ2) is 9.16. The van der Waals surface area contributed by atoms with Crippen LogP contribution in [0.5, 0.6) is 5.75 Å². The summed E-state index contributed by atoms with van der Waals surface area (Å²) in [5.41, 5.74) is 1.05. The molecule has 0 unspecified atom stereocenters. The summed E-state index contributed by atoms with van der Waals surface area (Å²) in [6.45, 7) is 1.93. The second-order valence-electron chi connectivity index (χ2n) is 5.69. The molecule has 1 amide bonds. The summed E-state index contributed by atoms with van der Waals surface area (Å²) in [5.74, 6) is 0.396. The standard InChI is InChI=1S/C18H21BrN2O4S/c1-13(21-26(23,24)17-9-5-15(19)6-10-17)18(22)20-12-11-14-3-7-16(25-2)8-4-14/h3-10,13,21H,11-12H2,1-2H3,(H,20,22)/t13-/m1/s1. The first kappa shape index (κ1) is 20.4. The number of hydrogen-bond donors (Lipinski definition) is 2. The summed E-state index contributed by atoms with van der Waals surface area (Å²) in [6, 6.07) is 12.9. The van der Waals surface area contributed by atoms with Crippen LogP contribution in [0.2, 0.25) is 0 Å². The summed E-state index contributed by atoms with van der Waals surface area (Å²) in [5, 5.41) is 2.74. The highest BCUT2D eigenvalue weighted by Gasteiger charge is 2.21. The van der Waals surface area contributed by atoms with Gasteiger partial charge in [-0.2, -0.15) is 4.72 Å². The minimum absolute atomic E-state index is 0.110. The van der Waals surface area contributed by atoms with Gasteiger partial charge in [0.1, 0.15) is 5.75 Å². The van der Waals surface area contributed by atoms with E-state index in [4.69, 9.17) is 4.74 Å². The molecule has 0 heterocycles. The van der Waals surface area contributed by atoms with Crippen LogP contribution in [-0.4, -0.2) is 34.0 Å². The first-order valence-corrected chi connectivity index (χ1v) is 10.3. The highest BCUT2D eigenvalue weighted by molar-refractivity contribution is 9.10. The molecule has 2 N–H and O–H groups in total. The third-order valence-electron chi connectivity index (χ3n) is 3.72. The zero-order valence-corrected chi connectivity index (χ0v) is 16.9.